The fourth-order valence-electron chi connectivity index (χ4n) is 2.78. The van der Waals surface area contributed by atoms with Crippen LogP contribution in [0.2, 0.25) is 0 Å². The zero-order chi connectivity index (χ0) is 15.0. The average molecular weight is 285 g/mol. The van der Waals surface area contributed by atoms with Crippen LogP contribution in [0.4, 0.5) is 4.79 Å². The Morgan fingerprint density at radius 3 is 2.45 bits per heavy atom. The molecule has 1 aliphatic rings. The summed E-state index contributed by atoms with van der Waals surface area (Å²) in [6, 6.07) is -0.163. The maximum absolute atomic E-state index is 12.2. The monoisotopic (exact) mass is 285 g/mol. The van der Waals surface area contributed by atoms with E-state index < -0.39 is 11.5 Å². The van der Waals surface area contributed by atoms with Crippen molar-refractivity contribution in [2.24, 2.45) is 0 Å². The molecule has 3 N–H and O–H groups in total. The summed E-state index contributed by atoms with van der Waals surface area (Å²) in [7, 11) is 3.63. The van der Waals surface area contributed by atoms with E-state index in [9.17, 15) is 9.59 Å². The molecule has 0 bridgehead atoms. The normalized spacial score (nSPS) is 17.5. The Bertz CT molecular complexity index is 328. The van der Waals surface area contributed by atoms with Crippen LogP contribution in [0.15, 0.2) is 0 Å². The van der Waals surface area contributed by atoms with E-state index in [1.54, 1.807) is 11.9 Å². The molecular weight excluding hydrogens is 258 g/mol. The van der Waals surface area contributed by atoms with E-state index in [-0.39, 0.29) is 12.5 Å². The van der Waals surface area contributed by atoms with Gasteiger partial charge in [0.25, 0.3) is 0 Å². The van der Waals surface area contributed by atoms with Crippen LogP contribution in [-0.4, -0.2) is 54.7 Å². The van der Waals surface area contributed by atoms with Crippen LogP contribution in [0, 0.1) is 0 Å². The van der Waals surface area contributed by atoms with Crippen LogP contribution >= 0.6 is 0 Å². The van der Waals surface area contributed by atoms with Crippen LogP contribution in [-0.2, 0) is 4.79 Å². The van der Waals surface area contributed by atoms with Gasteiger partial charge in [0.1, 0.15) is 0 Å². The van der Waals surface area contributed by atoms with Gasteiger partial charge in [-0.15, -0.1) is 0 Å². The minimum Gasteiger partial charge on any atom is -0.481 e. The molecule has 0 aromatic carbocycles. The topological polar surface area (TPSA) is 81.7 Å². The number of nitrogens with zero attached hydrogens (tertiary/aromatic N) is 1. The van der Waals surface area contributed by atoms with Crippen molar-refractivity contribution in [3.63, 3.8) is 0 Å². The molecule has 0 aromatic heterocycles. The number of aliphatic carboxylic acids is 1. The van der Waals surface area contributed by atoms with E-state index in [0.29, 0.717) is 6.54 Å². The highest BCUT2D eigenvalue weighted by atomic mass is 16.4. The quantitative estimate of drug-likeness (QED) is 0.618. The van der Waals surface area contributed by atoms with Gasteiger partial charge in [0.15, 0.2) is 0 Å². The van der Waals surface area contributed by atoms with Crippen molar-refractivity contribution in [3.8, 4) is 0 Å². The van der Waals surface area contributed by atoms with Crippen molar-refractivity contribution in [2.45, 2.75) is 50.5 Å². The maximum Gasteiger partial charge on any atom is 0.317 e. The molecule has 116 valence electrons. The van der Waals surface area contributed by atoms with Crippen LogP contribution in [0.3, 0.4) is 0 Å². The van der Waals surface area contributed by atoms with Crippen molar-refractivity contribution in [3.05, 3.63) is 0 Å². The van der Waals surface area contributed by atoms with Gasteiger partial charge in [-0.1, -0.05) is 19.3 Å². The number of carboxylic acids is 1. The molecule has 0 spiro atoms. The predicted molar refractivity (Wildman–Crippen MR) is 77.8 cm³/mol. The van der Waals surface area contributed by atoms with Crippen molar-refractivity contribution in [1.29, 1.82) is 0 Å². The summed E-state index contributed by atoms with van der Waals surface area (Å²) in [4.78, 5) is 24.9. The third-order valence-electron chi connectivity index (χ3n) is 3.94. The summed E-state index contributed by atoms with van der Waals surface area (Å²) < 4.78 is 0. The molecule has 0 aliphatic heterocycles. The highest BCUT2D eigenvalue weighted by Gasteiger charge is 2.36. The van der Waals surface area contributed by atoms with Crippen LogP contribution in [0.5, 0.6) is 0 Å². The molecule has 1 aliphatic carbocycles. The lowest BCUT2D eigenvalue weighted by molar-refractivity contribution is -0.139. The first-order valence-corrected chi connectivity index (χ1v) is 7.39. The number of urea groups is 1. The van der Waals surface area contributed by atoms with E-state index >= 15 is 0 Å². The third-order valence-corrected chi connectivity index (χ3v) is 3.94. The lowest BCUT2D eigenvalue weighted by atomic mass is 9.79. The highest BCUT2D eigenvalue weighted by Crippen LogP contribution is 2.31. The molecule has 0 saturated heterocycles. The van der Waals surface area contributed by atoms with E-state index in [2.05, 4.69) is 10.6 Å². The molecule has 0 radical (unpaired) electrons. The Hall–Kier alpha value is -1.30. The van der Waals surface area contributed by atoms with Crippen LogP contribution in [0.1, 0.15) is 44.9 Å². The van der Waals surface area contributed by atoms with Gasteiger partial charge in [-0.3, -0.25) is 4.79 Å². The van der Waals surface area contributed by atoms with Gasteiger partial charge in [-0.25, -0.2) is 4.79 Å². The standard InChI is InChI=1S/C14H27N3O3/c1-15-9-6-10-17(2)13(20)16-14(11-12(18)19)7-4-3-5-8-14/h15H,3-11H2,1-2H3,(H,16,20)(H,18,19). The summed E-state index contributed by atoms with van der Waals surface area (Å²) in [5, 5.41) is 15.1. The molecule has 1 saturated carbocycles. The Labute approximate surface area is 120 Å². The van der Waals surface area contributed by atoms with Gasteiger partial charge >= 0.3 is 12.0 Å². The number of carbonyl (C=O) groups excluding carboxylic acids is 1. The Morgan fingerprint density at radius 1 is 1.25 bits per heavy atom. The van der Waals surface area contributed by atoms with E-state index in [1.807, 2.05) is 7.05 Å². The van der Waals surface area contributed by atoms with Gasteiger partial charge in [-0.05, 0) is 32.9 Å². The smallest absolute Gasteiger partial charge is 0.317 e. The minimum atomic E-state index is -0.843. The molecule has 0 aromatic rings. The Morgan fingerprint density at radius 2 is 1.90 bits per heavy atom. The molecular formula is C14H27N3O3. The molecule has 0 heterocycles. The number of rotatable bonds is 7. The fourth-order valence-corrected chi connectivity index (χ4v) is 2.78. The van der Waals surface area contributed by atoms with Gasteiger partial charge in [0.2, 0.25) is 0 Å². The van der Waals surface area contributed by atoms with E-state index in [1.165, 1.54) is 0 Å². The molecule has 6 nitrogen and oxygen atoms in total. The van der Waals surface area contributed by atoms with Crippen molar-refractivity contribution < 1.29 is 14.7 Å². The number of hydrogen-bond donors (Lipinski definition) is 3. The molecule has 0 unspecified atom stereocenters. The third kappa shape index (κ3) is 5.36. The van der Waals surface area contributed by atoms with E-state index in [0.717, 1.165) is 45.1 Å². The molecule has 1 rings (SSSR count). The molecule has 2 amide bonds. The first-order chi connectivity index (χ1) is 9.49. The van der Waals surface area contributed by atoms with Crippen molar-refractivity contribution >= 4 is 12.0 Å². The van der Waals surface area contributed by atoms with Gasteiger partial charge in [-0.2, -0.15) is 0 Å². The second-order valence-electron chi connectivity index (χ2n) is 5.72. The predicted octanol–water partition coefficient (Wildman–Crippen LogP) is 1.41. The number of carboxylic acid groups (broad SMARTS) is 1. The van der Waals surface area contributed by atoms with Crippen LogP contribution < -0.4 is 10.6 Å². The lowest BCUT2D eigenvalue weighted by Gasteiger charge is -2.38. The minimum absolute atomic E-state index is 0.0170. The average Bonchev–Trinajstić information content (AvgIpc) is 2.38. The Balaban J connectivity index is 2.55. The fraction of sp³-hybridized carbons (Fsp3) is 0.857. The van der Waals surface area contributed by atoms with Crippen molar-refractivity contribution in [2.75, 3.05) is 27.2 Å². The number of hydrogen-bond acceptors (Lipinski definition) is 3. The largest absolute Gasteiger partial charge is 0.481 e. The van der Waals surface area contributed by atoms with Gasteiger partial charge in [0, 0.05) is 13.6 Å². The number of carbonyl (C=O) groups is 2. The highest BCUT2D eigenvalue weighted by molar-refractivity contribution is 5.76. The van der Waals surface area contributed by atoms with E-state index in [4.69, 9.17) is 5.11 Å². The Kier molecular flexibility index (Phi) is 6.78. The second kappa shape index (κ2) is 8.09. The molecule has 20 heavy (non-hydrogen) atoms. The molecule has 0 atom stereocenters. The van der Waals surface area contributed by atoms with Gasteiger partial charge < -0.3 is 20.6 Å². The first-order valence-electron chi connectivity index (χ1n) is 7.39. The zero-order valence-electron chi connectivity index (χ0n) is 12.6. The second-order valence-corrected chi connectivity index (χ2v) is 5.72. The summed E-state index contributed by atoms with van der Waals surface area (Å²) >= 11 is 0. The molecule has 1 fully saturated rings. The summed E-state index contributed by atoms with van der Waals surface area (Å²) in [6.07, 6.45) is 5.50. The van der Waals surface area contributed by atoms with Crippen molar-refractivity contribution in [1.82, 2.24) is 15.5 Å². The zero-order valence-corrected chi connectivity index (χ0v) is 12.6. The lowest BCUT2D eigenvalue weighted by Crippen LogP contribution is -2.54. The van der Waals surface area contributed by atoms with Gasteiger partial charge in [0.05, 0.1) is 12.0 Å². The summed E-state index contributed by atoms with van der Waals surface area (Å²) in [5.74, 6) is -0.843. The SMILES string of the molecule is CNCCCN(C)C(=O)NC1(CC(=O)O)CCCCC1. The summed E-state index contributed by atoms with van der Waals surface area (Å²) in [5.41, 5.74) is -0.557. The maximum atomic E-state index is 12.2. The summed E-state index contributed by atoms with van der Waals surface area (Å²) in [6.45, 7) is 1.52. The molecule has 6 heteroatoms. The first kappa shape index (κ1) is 16.8. The number of nitrogens with one attached hydrogen (secondary N) is 2. The number of amides is 2. The van der Waals surface area contributed by atoms with Crippen LogP contribution in [0.25, 0.3) is 0 Å².